The number of carbonyl (C=O) groups is 2. The van der Waals surface area contributed by atoms with Gasteiger partial charge in [0.2, 0.25) is 0 Å². The highest BCUT2D eigenvalue weighted by atomic mass is 16.5. The van der Waals surface area contributed by atoms with E-state index < -0.39 is 6.10 Å². The summed E-state index contributed by atoms with van der Waals surface area (Å²) in [5, 5.41) is 5.46. The van der Waals surface area contributed by atoms with Gasteiger partial charge in [-0.2, -0.15) is 0 Å². The monoisotopic (exact) mass is 342 g/mol. The van der Waals surface area contributed by atoms with Gasteiger partial charge in [0, 0.05) is 6.54 Å². The molecular formula is C19H22N2O4. The minimum Gasteiger partial charge on any atom is -0.497 e. The smallest absolute Gasteiger partial charge is 0.265 e. The summed E-state index contributed by atoms with van der Waals surface area (Å²) in [7, 11) is 1.58. The number of hydrogen-bond donors (Lipinski definition) is 2. The highest BCUT2D eigenvalue weighted by molar-refractivity contribution is 6.04. The van der Waals surface area contributed by atoms with Gasteiger partial charge in [0.05, 0.1) is 18.4 Å². The number of carbonyl (C=O) groups excluding carboxylic acids is 2. The lowest BCUT2D eigenvalue weighted by molar-refractivity contribution is -0.122. The molecule has 0 saturated heterocycles. The van der Waals surface area contributed by atoms with Gasteiger partial charge in [-0.1, -0.05) is 12.1 Å². The maximum atomic E-state index is 12.4. The van der Waals surface area contributed by atoms with Gasteiger partial charge in [0.25, 0.3) is 11.8 Å². The van der Waals surface area contributed by atoms with Gasteiger partial charge in [-0.15, -0.1) is 0 Å². The van der Waals surface area contributed by atoms with E-state index in [0.717, 1.165) is 0 Å². The molecule has 2 amide bonds. The van der Waals surface area contributed by atoms with E-state index in [0.29, 0.717) is 29.3 Å². The number of benzene rings is 2. The molecule has 0 aliphatic carbocycles. The number of amides is 2. The van der Waals surface area contributed by atoms with Crippen LogP contribution in [0.5, 0.6) is 11.5 Å². The zero-order valence-corrected chi connectivity index (χ0v) is 14.5. The number of para-hydroxylation sites is 1. The summed E-state index contributed by atoms with van der Waals surface area (Å²) in [6.07, 6.45) is -0.726. The largest absolute Gasteiger partial charge is 0.497 e. The summed E-state index contributed by atoms with van der Waals surface area (Å²) in [4.78, 5) is 24.4. The third-order valence-electron chi connectivity index (χ3n) is 3.51. The molecule has 2 N–H and O–H groups in total. The summed E-state index contributed by atoms with van der Waals surface area (Å²) in [6.45, 7) is 4.00. The van der Waals surface area contributed by atoms with E-state index in [1.807, 2.05) is 6.92 Å². The van der Waals surface area contributed by atoms with Gasteiger partial charge in [-0.05, 0) is 50.2 Å². The third kappa shape index (κ3) is 4.97. The van der Waals surface area contributed by atoms with Crippen LogP contribution in [0.15, 0.2) is 48.5 Å². The van der Waals surface area contributed by atoms with Crippen LogP contribution in [0.4, 0.5) is 5.69 Å². The third-order valence-corrected chi connectivity index (χ3v) is 3.51. The van der Waals surface area contributed by atoms with E-state index in [1.165, 1.54) is 0 Å². The summed E-state index contributed by atoms with van der Waals surface area (Å²) >= 11 is 0. The molecule has 0 saturated carbocycles. The van der Waals surface area contributed by atoms with E-state index in [-0.39, 0.29) is 11.8 Å². The lowest BCUT2D eigenvalue weighted by Crippen LogP contribution is -2.31. The van der Waals surface area contributed by atoms with Crippen LogP contribution in [0.3, 0.4) is 0 Å². The van der Waals surface area contributed by atoms with Crippen LogP contribution in [-0.2, 0) is 4.79 Å². The van der Waals surface area contributed by atoms with E-state index >= 15 is 0 Å². The first-order valence-corrected chi connectivity index (χ1v) is 8.04. The van der Waals surface area contributed by atoms with Crippen LogP contribution < -0.4 is 20.1 Å². The Hall–Kier alpha value is -3.02. The molecule has 0 aliphatic rings. The van der Waals surface area contributed by atoms with Crippen molar-refractivity contribution in [1.82, 2.24) is 5.32 Å². The van der Waals surface area contributed by atoms with Gasteiger partial charge in [0.1, 0.15) is 11.5 Å². The lowest BCUT2D eigenvalue weighted by atomic mass is 10.1. The van der Waals surface area contributed by atoms with Gasteiger partial charge in [-0.3, -0.25) is 9.59 Å². The number of ether oxygens (including phenoxy) is 2. The molecule has 2 aromatic rings. The molecule has 0 spiro atoms. The van der Waals surface area contributed by atoms with Crippen molar-refractivity contribution >= 4 is 17.5 Å². The zero-order valence-electron chi connectivity index (χ0n) is 14.5. The number of rotatable bonds is 7. The predicted molar refractivity (Wildman–Crippen MR) is 96.2 cm³/mol. The lowest BCUT2D eigenvalue weighted by Gasteiger charge is -2.16. The maximum Gasteiger partial charge on any atom is 0.265 e. The molecule has 0 aromatic heterocycles. The predicted octanol–water partition coefficient (Wildman–Crippen LogP) is 2.85. The maximum absolute atomic E-state index is 12.4. The first-order valence-electron chi connectivity index (χ1n) is 8.04. The number of anilines is 1. The molecule has 0 fully saturated rings. The number of nitrogens with one attached hydrogen (secondary N) is 2. The Morgan fingerprint density at radius 1 is 1.04 bits per heavy atom. The van der Waals surface area contributed by atoms with Crippen molar-refractivity contribution in [3.63, 3.8) is 0 Å². The van der Waals surface area contributed by atoms with E-state index in [2.05, 4.69) is 10.6 Å². The molecule has 25 heavy (non-hydrogen) atoms. The van der Waals surface area contributed by atoms with Gasteiger partial charge in [0.15, 0.2) is 6.10 Å². The Kier molecular flexibility index (Phi) is 6.39. The van der Waals surface area contributed by atoms with Crippen molar-refractivity contribution in [1.29, 1.82) is 0 Å². The topological polar surface area (TPSA) is 76.7 Å². The zero-order chi connectivity index (χ0) is 18.2. The molecule has 0 heterocycles. The van der Waals surface area contributed by atoms with Gasteiger partial charge in [-0.25, -0.2) is 0 Å². The standard InChI is InChI=1S/C19H22N2O4/c1-4-20-19(23)16-7-5-6-8-17(16)21-18(22)13(2)25-15-11-9-14(24-3)10-12-15/h5-13H,4H2,1-3H3,(H,20,23)(H,21,22). The molecular weight excluding hydrogens is 320 g/mol. The molecule has 6 heteroatoms. The van der Waals surface area contributed by atoms with E-state index in [1.54, 1.807) is 62.6 Å². The molecule has 1 unspecified atom stereocenters. The molecule has 1 atom stereocenters. The van der Waals surface area contributed by atoms with E-state index in [4.69, 9.17) is 9.47 Å². The van der Waals surface area contributed by atoms with Crippen LogP contribution in [0.25, 0.3) is 0 Å². The summed E-state index contributed by atoms with van der Waals surface area (Å²) < 4.78 is 10.7. The highest BCUT2D eigenvalue weighted by Crippen LogP contribution is 2.19. The van der Waals surface area contributed by atoms with Crippen molar-refractivity contribution in [3.05, 3.63) is 54.1 Å². The first kappa shape index (κ1) is 18.3. The number of methoxy groups -OCH3 is 1. The Balaban J connectivity index is 2.04. The minimum atomic E-state index is -0.726. The molecule has 6 nitrogen and oxygen atoms in total. The summed E-state index contributed by atoms with van der Waals surface area (Å²) in [5.41, 5.74) is 0.859. The average molecular weight is 342 g/mol. The van der Waals surface area contributed by atoms with Crippen molar-refractivity contribution in [2.24, 2.45) is 0 Å². The second-order valence-electron chi connectivity index (χ2n) is 5.33. The van der Waals surface area contributed by atoms with Crippen LogP contribution in [0.2, 0.25) is 0 Å². The van der Waals surface area contributed by atoms with Crippen LogP contribution in [0, 0.1) is 0 Å². The molecule has 0 aliphatic heterocycles. The number of hydrogen-bond acceptors (Lipinski definition) is 4. The van der Waals surface area contributed by atoms with Crippen LogP contribution >= 0.6 is 0 Å². The fraction of sp³-hybridized carbons (Fsp3) is 0.263. The van der Waals surface area contributed by atoms with Gasteiger partial charge < -0.3 is 20.1 Å². The summed E-state index contributed by atoms with van der Waals surface area (Å²) in [5.74, 6) is 0.690. The van der Waals surface area contributed by atoms with Crippen molar-refractivity contribution in [2.45, 2.75) is 20.0 Å². The second-order valence-corrected chi connectivity index (χ2v) is 5.33. The Labute approximate surface area is 147 Å². The summed E-state index contributed by atoms with van der Waals surface area (Å²) in [6, 6.07) is 13.8. The van der Waals surface area contributed by atoms with Crippen molar-refractivity contribution in [3.8, 4) is 11.5 Å². The fourth-order valence-corrected chi connectivity index (χ4v) is 2.19. The normalized spacial score (nSPS) is 11.3. The Morgan fingerprint density at radius 3 is 2.32 bits per heavy atom. The van der Waals surface area contributed by atoms with Crippen molar-refractivity contribution in [2.75, 3.05) is 19.0 Å². The van der Waals surface area contributed by atoms with Crippen LogP contribution in [-0.4, -0.2) is 31.6 Å². The Morgan fingerprint density at radius 2 is 1.68 bits per heavy atom. The SMILES string of the molecule is CCNC(=O)c1ccccc1NC(=O)C(C)Oc1ccc(OC)cc1. The highest BCUT2D eigenvalue weighted by Gasteiger charge is 2.18. The molecule has 0 bridgehead atoms. The molecule has 132 valence electrons. The quantitative estimate of drug-likeness (QED) is 0.811. The fourth-order valence-electron chi connectivity index (χ4n) is 2.19. The Bertz CT molecular complexity index is 728. The van der Waals surface area contributed by atoms with E-state index in [9.17, 15) is 9.59 Å². The average Bonchev–Trinajstić information content (AvgIpc) is 2.63. The molecule has 0 radical (unpaired) electrons. The molecule has 2 rings (SSSR count). The minimum absolute atomic E-state index is 0.234. The second kappa shape index (κ2) is 8.73. The molecule has 2 aromatic carbocycles. The van der Waals surface area contributed by atoms with Gasteiger partial charge >= 0.3 is 0 Å². The van der Waals surface area contributed by atoms with Crippen LogP contribution in [0.1, 0.15) is 24.2 Å². The first-order chi connectivity index (χ1) is 12.0. The van der Waals surface area contributed by atoms with Crippen molar-refractivity contribution < 1.29 is 19.1 Å².